The zero-order valence-electron chi connectivity index (χ0n) is 10.5. The van der Waals surface area contributed by atoms with Crippen molar-refractivity contribution in [2.45, 2.75) is 0 Å². The summed E-state index contributed by atoms with van der Waals surface area (Å²) in [5, 5.41) is 9.09. The molecule has 0 amide bonds. The fourth-order valence-electron chi connectivity index (χ4n) is 1.71. The summed E-state index contributed by atoms with van der Waals surface area (Å²) >= 11 is 0. The van der Waals surface area contributed by atoms with Gasteiger partial charge in [-0.15, -0.1) is 0 Å². The summed E-state index contributed by atoms with van der Waals surface area (Å²) in [6.07, 6.45) is 0. The van der Waals surface area contributed by atoms with Gasteiger partial charge in [-0.3, -0.25) is 0 Å². The number of carbonyl (C=O) groups is 2. The summed E-state index contributed by atoms with van der Waals surface area (Å²) < 4.78 is 17.6. The lowest BCUT2D eigenvalue weighted by Gasteiger charge is -2.06. The van der Waals surface area contributed by atoms with Crippen LogP contribution in [0.25, 0.3) is 11.3 Å². The van der Waals surface area contributed by atoms with E-state index in [-0.39, 0.29) is 11.3 Å². The minimum absolute atomic E-state index is 0.153. The van der Waals surface area contributed by atoms with Crippen molar-refractivity contribution in [1.29, 1.82) is 0 Å². The number of methoxy groups -OCH3 is 1. The second-order valence-corrected chi connectivity index (χ2v) is 3.90. The fraction of sp³-hybridized carbons (Fsp3) is 0.0714. The Hall–Kier alpha value is -2.76. The average molecular weight is 275 g/mol. The first-order chi connectivity index (χ1) is 9.52. The summed E-state index contributed by atoms with van der Waals surface area (Å²) in [5.74, 6) is -2.61. The molecule has 102 valence electrons. The molecule has 2 aromatic rings. The van der Waals surface area contributed by atoms with Gasteiger partial charge in [0, 0.05) is 5.56 Å². The highest BCUT2D eigenvalue weighted by molar-refractivity contribution is 6.01. The number of nitrogens with zero attached hydrogens (tertiary/aromatic N) is 1. The zero-order valence-corrected chi connectivity index (χ0v) is 10.5. The van der Waals surface area contributed by atoms with Gasteiger partial charge in [-0.1, -0.05) is 12.1 Å². The van der Waals surface area contributed by atoms with E-state index in [9.17, 15) is 14.0 Å². The van der Waals surface area contributed by atoms with Gasteiger partial charge in [0.1, 0.15) is 5.82 Å². The summed E-state index contributed by atoms with van der Waals surface area (Å²) in [4.78, 5) is 26.5. The van der Waals surface area contributed by atoms with Gasteiger partial charge >= 0.3 is 11.9 Å². The summed E-state index contributed by atoms with van der Waals surface area (Å²) in [6.45, 7) is 0. The Morgan fingerprint density at radius 2 is 2.00 bits per heavy atom. The van der Waals surface area contributed by atoms with Gasteiger partial charge in [0.2, 0.25) is 0 Å². The lowest BCUT2D eigenvalue weighted by molar-refractivity contribution is 0.0580. The van der Waals surface area contributed by atoms with E-state index >= 15 is 0 Å². The molecule has 0 radical (unpaired) electrons. The van der Waals surface area contributed by atoms with Crippen LogP contribution in [0.1, 0.15) is 20.8 Å². The molecule has 0 aliphatic rings. The van der Waals surface area contributed by atoms with Gasteiger partial charge < -0.3 is 9.84 Å². The van der Waals surface area contributed by atoms with Gasteiger partial charge in [0.15, 0.2) is 5.69 Å². The number of hydrogen-bond acceptors (Lipinski definition) is 4. The number of hydrogen-bond donors (Lipinski definition) is 1. The largest absolute Gasteiger partial charge is 0.476 e. The van der Waals surface area contributed by atoms with E-state index in [0.29, 0.717) is 5.56 Å². The van der Waals surface area contributed by atoms with Crippen molar-refractivity contribution in [2.75, 3.05) is 7.11 Å². The van der Waals surface area contributed by atoms with Gasteiger partial charge in [-0.25, -0.2) is 19.0 Å². The van der Waals surface area contributed by atoms with E-state index < -0.39 is 23.4 Å². The summed E-state index contributed by atoms with van der Waals surface area (Å²) in [6, 6.07) is 8.31. The van der Waals surface area contributed by atoms with Crippen LogP contribution in [-0.2, 0) is 4.74 Å². The Kier molecular flexibility index (Phi) is 3.74. The first kappa shape index (κ1) is 13.7. The van der Waals surface area contributed by atoms with Crippen molar-refractivity contribution in [3.05, 3.63) is 53.5 Å². The van der Waals surface area contributed by atoms with Crippen molar-refractivity contribution < 1.29 is 23.8 Å². The van der Waals surface area contributed by atoms with Crippen LogP contribution in [0.5, 0.6) is 0 Å². The Balaban J connectivity index is 2.56. The van der Waals surface area contributed by atoms with Gasteiger partial charge in [0.05, 0.1) is 18.4 Å². The number of rotatable bonds is 3. The van der Waals surface area contributed by atoms with E-state index in [4.69, 9.17) is 5.11 Å². The fourth-order valence-corrected chi connectivity index (χ4v) is 1.71. The smallest absolute Gasteiger partial charge is 0.355 e. The standard InChI is InChI=1S/C14H10FNO4/c1-20-14(19)10-5-6-11(16-12(10)13(17)18)8-3-2-4-9(15)7-8/h2-7H,1H3,(H,17,18). The number of ether oxygens (including phenoxy) is 1. The molecule has 5 nitrogen and oxygen atoms in total. The van der Waals surface area contributed by atoms with Crippen LogP contribution in [0.3, 0.4) is 0 Å². The van der Waals surface area contributed by atoms with E-state index in [1.165, 1.54) is 30.3 Å². The third-order valence-electron chi connectivity index (χ3n) is 2.62. The van der Waals surface area contributed by atoms with Crippen LogP contribution < -0.4 is 0 Å². The van der Waals surface area contributed by atoms with Crippen molar-refractivity contribution in [3.8, 4) is 11.3 Å². The van der Waals surface area contributed by atoms with Crippen LogP contribution >= 0.6 is 0 Å². The molecule has 20 heavy (non-hydrogen) atoms. The highest BCUT2D eigenvalue weighted by Gasteiger charge is 2.19. The topological polar surface area (TPSA) is 76.5 Å². The first-order valence-corrected chi connectivity index (χ1v) is 5.61. The van der Waals surface area contributed by atoms with Crippen LogP contribution in [0.4, 0.5) is 4.39 Å². The molecule has 0 saturated heterocycles. The second kappa shape index (κ2) is 5.48. The van der Waals surface area contributed by atoms with Crippen LogP contribution in [0, 0.1) is 5.82 Å². The number of aromatic nitrogens is 1. The molecular weight excluding hydrogens is 265 g/mol. The molecule has 2 rings (SSSR count). The molecule has 1 heterocycles. The minimum atomic E-state index is -1.36. The molecular formula is C14H10FNO4. The SMILES string of the molecule is COC(=O)c1ccc(-c2cccc(F)c2)nc1C(=O)O. The first-order valence-electron chi connectivity index (χ1n) is 5.61. The van der Waals surface area contributed by atoms with E-state index in [1.54, 1.807) is 6.07 Å². The molecule has 1 aromatic heterocycles. The van der Waals surface area contributed by atoms with Crippen LogP contribution in [0.2, 0.25) is 0 Å². The molecule has 1 aromatic carbocycles. The number of aromatic carboxylic acids is 1. The maximum atomic E-state index is 13.2. The number of carboxylic acids is 1. The molecule has 0 bridgehead atoms. The maximum absolute atomic E-state index is 13.2. The third kappa shape index (κ3) is 2.64. The van der Waals surface area contributed by atoms with Gasteiger partial charge in [-0.2, -0.15) is 0 Å². The Bertz CT molecular complexity index is 685. The number of carbonyl (C=O) groups excluding carboxylic acids is 1. The third-order valence-corrected chi connectivity index (χ3v) is 2.62. The predicted octanol–water partition coefficient (Wildman–Crippen LogP) is 2.37. The minimum Gasteiger partial charge on any atom is -0.476 e. The van der Waals surface area contributed by atoms with Gasteiger partial charge in [0.25, 0.3) is 0 Å². The maximum Gasteiger partial charge on any atom is 0.355 e. The number of esters is 1. The number of carboxylic acid groups (broad SMARTS) is 1. The summed E-state index contributed by atoms with van der Waals surface area (Å²) in [7, 11) is 1.15. The Labute approximate surface area is 113 Å². The van der Waals surface area contributed by atoms with Crippen molar-refractivity contribution in [1.82, 2.24) is 4.98 Å². The average Bonchev–Trinajstić information content (AvgIpc) is 2.45. The van der Waals surface area contributed by atoms with E-state index in [0.717, 1.165) is 7.11 Å². The Morgan fingerprint density at radius 1 is 1.25 bits per heavy atom. The highest BCUT2D eigenvalue weighted by Crippen LogP contribution is 2.20. The van der Waals surface area contributed by atoms with Crippen molar-refractivity contribution in [2.24, 2.45) is 0 Å². The molecule has 0 aliphatic carbocycles. The number of benzene rings is 1. The molecule has 6 heteroatoms. The number of halogens is 1. The lowest BCUT2D eigenvalue weighted by Crippen LogP contribution is -2.12. The molecule has 1 N–H and O–H groups in total. The molecule has 0 fully saturated rings. The van der Waals surface area contributed by atoms with Crippen molar-refractivity contribution in [3.63, 3.8) is 0 Å². The van der Waals surface area contributed by atoms with Crippen LogP contribution in [0.15, 0.2) is 36.4 Å². The zero-order chi connectivity index (χ0) is 14.7. The van der Waals surface area contributed by atoms with E-state index in [1.807, 2.05) is 0 Å². The monoisotopic (exact) mass is 275 g/mol. The second-order valence-electron chi connectivity index (χ2n) is 3.90. The lowest BCUT2D eigenvalue weighted by atomic mass is 10.1. The molecule has 0 atom stereocenters. The normalized spacial score (nSPS) is 10.1. The Morgan fingerprint density at radius 3 is 2.60 bits per heavy atom. The quantitative estimate of drug-likeness (QED) is 0.870. The molecule has 0 spiro atoms. The molecule has 0 aliphatic heterocycles. The number of pyridine rings is 1. The van der Waals surface area contributed by atoms with Crippen molar-refractivity contribution >= 4 is 11.9 Å². The molecule has 0 unspecified atom stereocenters. The predicted molar refractivity (Wildman–Crippen MR) is 67.9 cm³/mol. The molecule has 0 saturated carbocycles. The van der Waals surface area contributed by atoms with E-state index in [2.05, 4.69) is 9.72 Å². The highest BCUT2D eigenvalue weighted by atomic mass is 19.1. The van der Waals surface area contributed by atoms with Crippen LogP contribution in [-0.4, -0.2) is 29.1 Å². The van der Waals surface area contributed by atoms with Gasteiger partial charge in [-0.05, 0) is 24.3 Å². The summed E-state index contributed by atoms with van der Waals surface area (Å²) in [5.41, 5.74) is 0.0947.